The highest BCUT2D eigenvalue weighted by Gasteiger charge is 2.42. The number of carbonyl (C=O) groups is 1. The number of hydrogen-bond donors (Lipinski definition) is 3. The third-order valence-electron chi connectivity index (χ3n) is 5.78. The maximum Gasteiger partial charge on any atom is 0.246 e. The number of rotatable bonds is 7. The second-order valence-electron chi connectivity index (χ2n) is 8.14. The van der Waals surface area contributed by atoms with Crippen molar-refractivity contribution in [2.45, 2.75) is 43.5 Å². The van der Waals surface area contributed by atoms with Crippen LogP contribution in [0, 0.1) is 0 Å². The molecule has 3 aliphatic heterocycles. The number of carbonyl (C=O) groups excluding carboxylic acids is 1. The Labute approximate surface area is 192 Å². The molecule has 178 valence electrons. The van der Waals surface area contributed by atoms with Crippen LogP contribution in [0.25, 0.3) is 6.08 Å². The number of amides is 1. The fourth-order valence-corrected chi connectivity index (χ4v) is 3.93. The van der Waals surface area contributed by atoms with Crippen LogP contribution in [0.5, 0.6) is 11.5 Å². The number of likely N-dealkylation sites (tertiary alicyclic amines) is 1. The molecule has 0 bridgehead atoms. The van der Waals surface area contributed by atoms with Gasteiger partial charge in [-0.1, -0.05) is 36.4 Å². The molecule has 9 heteroatoms. The standard InChI is InChI=1S/C24H29NO8/c26-21(8-4-2-1-3-6-16-9-10-18-19(12-16)32-15-31-18)25-11-5-7-17(13-25)30-14-20-22(27)23(28)24(29)33-20/h1-4,6,8-10,12,17,20,22-24,27-29H,5,7,11,13-15H2/b2-1+,6-3+,8-4+/t17?,20?,22?,23-,24?/m0/s1. The highest BCUT2D eigenvalue weighted by atomic mass is 16.7. The number of nitrogens with zero attached hydrogens (tertiary/aromatic N) is 1. The van der Waals surface area contributed by atoms with Crippen LogP contribution in [-0.2, 0) is 14.3 Å². The van der Waals surface area contributed by atoms with Crippen LogP contribution >= 0.6 is 0 Å². The minimum absolute atomic E-state index is 0.0380. The molecule has 1 amide bonds. The summed E-state index contributed by atoms with van der Waals surface area (Å²) in [5.41, 5.74) is 0.989. The van der Waals surface area contributed by atoms with E-state index in [-0.39, 0.29) is 25.4 Å². The van der Waals surface area contributed by atoms with E-state index in [0.717, 1.165) is 29.9 Å². The number of allylic oxidation sites excluding steroid dienone is 4. The molecule has 1 aromatic rings. The lowest BCUT2D eigenvalue weighted by molar-refractivity contribution is -0.146. The average molecular weight is 459 g/mol. The Morgan fingerprint density at radius 1 is 1.09 bits per heavy atom. The lowest BCUT2D eigenvalue weighted by Gasteiger charge is -2.32. The van der Waals surface area contributed by atoms with Crippen LogP contribution in [0.15, 0.2) is 48.6 Å². The molecule has 4 unspecified atom stereocenters. The molecule has 5 atom stereocenters. The minimum Gasteiger partial charge on any atom is -0.454 e. The van der Waals surface area contributed by atoms with Gasteiger partial charge < -0.3 is 39.2 Å². The first-order valence-electron chi connectivity index (χ1n) is 11.0. The molecule has 9 nitrogen and oxygen atoms in total. The summed E-state index contributed by atoms with van der Waals surface area (Å²) in [6, 6.07) is 5.72. The van der Waals surface area contributed by atoms with Crippen molar-refractivity contribution in [2.75, 3.05) is 26.5 Å². The first kappa shape index (κ1) is 23.5. The Morgan fingerprint density at radius 3 is 2.73 bits per heavy atom. The fourth-order valence-electron chi connectivity index (χ4n) is 3.93. The van der Waals surface area contributed by atoms with Crippen molar-refractivity contribution in [3.63, 3.8) is 0 Å². The number of piperidine rings is 1. The zero-order valence-electron chi connectivity index (χ0n) is 18.2. The largest absolute Gasteiger partial charge is 0.454 e. The number of aliphatic hydroxyl groups is 3. The lowest BCUT2D eigenvalue weighted by atomic mass is 10.1. The molecule has 0 saturated carbocycles. The Morgan fingerprint density at radius 2 is 1.91 bits per heavy atom. The Hall–Kier alpha value is -2.69. The van der Waals surface area contributed by atoms with Gasteiger partial charge in [-0.2, -0.15) is 0 Å². The van der Waals surface area contributed by atoms with Gasteiger partial charge in [0.15, 0.2) is 17.8 Å². The molecule has 0 radical (unpaired) electrons. The van der Waals surface area contributed by atoms with E-state index in [2.05, 4.69) is 0 Å². The normalized spacial score (nSPS) is 29.7. The molecule has 0 aliphatic carbocycles. The molecule has 2 saturated heterocycles. The van der Waals surface area contributed by atoms with Gasteiger partial charge in [0.05, 0.1) is 12.7 Å². The zero-order valence-corrected chi connectivity index (χ0v) is 18.2. The molecule has 3 heterocycles. The van der Waals surface area contributed by atoms with Gasteiger partial charge in [0.2, 0.25) is 12.7 Å². The Bertz CT molecular complexity index is 914. The van der Waals surface area contributed by atoms with E-state index in [0.29, 0.717) is 13.1 Å². The number of benzene rings is 1. The highest BCUT2D eigenvalue weighted by molar-refractivity contribution is 5.88. The van der Waals surface area contributed by atoms with E-state index in [9.17, 15) is 20.1 Å². The number of aliphatic hydroxyl groups excluding tert-OH is 3. The van der Waals surface area contributed by atoms with E-state index < -0.39 is 24.6 Å². The van der Waals surface area contributed by atoms with E-state index in [1.165, 1.54) is 6.08 Å². The summed E-state index contributed by atoms with van der Waals surface area (Å²) >= 11 is 0. The van der Waals surface area contributed by atoms with Crippen LogP contribution in [0.1, 0.15) is 18.4 Å². The van der Waals surface area contributed by atoms with Gasteiger partial charge in [-0.05, 0) is 30.5 Å². The van der Waals surface area contributed by atoms with E-state index in [4.69, 9.17) is 18.9 Å². The van der Waals surface area contributed by atoms with E-state index >= 15 is 0 Å². The monoisotopic (exact) mass is 459 g/mol. The minimum atomic E-state index is -1.41. The fraction of sp³-hybridized carbons (Fsp3) is 0.458. The molecular formula is C24H29NO8. The average Bonchev–Trinajstić information content (AvgIpc) is 3.39. The summed E-state index contributed by atoms with van der Waals surface area (Å²) in [6.45, 7) is 1.37. The molecule has 4 rings (SSSR count). The lowest BCUT2D eigenvalue weighted by Crippen LogP contribution is -2.44. The van der Waals surface area contributed by atoms with Crippen LogP contribution < -0.4 is 9.47 Å². The van der Waals surface area contributed by atoms with Gasteiger partial charge in [0, 0.05) is 19.2 Å². The third kappa shape index (κ3) is 6.01. The number of fused-ring (bicyclic) bond motifs is 1. The van der Waals surface area contributed by atoms with Crippen LogP contribution in [0.3, 0.4) is 0 Å². The molecule has 3 N–H and O–H groups in total. The summed E-state index contributed by atoms with van der Waals surface area (Å²) in [5, 5.41) is 28.9. The molecule has 2 fully saturated rings. The summed E-state index contributed by atoms with van der Waals surface area (Å²) in [6.07, 6.45) is 7.30. The summed E-state index contributed by atoms with van der Waals surface area (Å²) in [7, 11) is 0. The summed E-state index contributed by atoms with van der Waals surface area (Å²) in [5.74, 6) is 1.38. The smallest absolute Gasteiger partial charge is 0.246 e. The van der Waals surface area contributed by atoms with Crippen LogP contribution in [-0.4, -0.2) is 83.3 Å². The Kier molecular flexibility index (Phi) is 7.79. The zero-order chi connectivity index (χ0) is 23.2. The maximum atomic E-state index is 12.5. The predicted molar refractivity (Wildman–Crippen MR) is 118 cm³/mol. The third-order valence-corrected chi connectivity index (χ3v) is 5.78. The summed E-state index contributed by atoms with van der Waals surface area (Å²) in [4.78, 5) is 14.2. The first-order valence-corrected chi connectivity index (χ1v) is 11.0. The summed E-state index contributed by atoms with van der Waals surface area (Å²) < 4.78 is 21.5. The van der Waals surface area contributed by atoms with Gasteiger partial charge >= 0.3 is 0 Å². The molecule has 0 spiro atoms. The topological polar surface area (TPSA) is 118 Å². The van der Waals surface area contributed by atoms with E-state index in [1.54, 1.807) is 17.1 Å². The molecule has 33 heavy (non-hydrogen) atoms. The van der Waals surface area contributed by atoms with Gasteiger partial charge in [0.25, 0.3) is 0 Å². The van der Waals surface area contributed by atoms with Crippen LogP contribution in [0.2, 0.25) is 0 Å². The van der Waals surface area contributed by atoms with Crippen molar-refractivity contribution < 1.29 is 39.1 Å². The SMILES string of the molecule is O=C(/C=C/C=C/C=C/c1ccc2c(c1)OCO2)N1CCCC(OCC2OC(O)[C@@H](O)C2O)C1. The van der Waals surface area contributed by atoms with Gasteiger partial charge in [-0.25, -0.2) is 0 Å². The second-order valence-corrected chi connectivity index (χ2v) is 8.14. The van der Waals surface area contributed by atoms with Crippen molar-refractivity contribution in [1.82, 2.24) is 4.90 Å². The van der Waals surface area contributed by atoms with Crippen molar-refractivity contribution in [2.24, 2.45) is 0 Å². The van der Waals surface area contributed by atoms with Crippen molar-refractivity contribution in [1.29, 1.82) is 0 Å². The van der Waals surface area contributed by atoms with Crippen molar-refractivity contribution in [3.05, 3.63) is 54.1 Å². The van der Waals surface area contributed by atoms with E-state index in [1.807, 2.05) is 36.4 Å². The maximum absolute atomic E-state index is 12.5. The first-order chi connectivity index (χ1) is 16.0. The van der Waals surface area contributed by atoms with Crippen LogP contribution in [0.4, 0.5) is 0 Å². The predicted octanol–water partition coefficient (Wildman–Crippen LogP) is 0.987. The second kappa shape index (κ2) is 11.0. The molecule has 0 aromatic heterocycles. The highest BCUT2D eigenvalue weighted by Crippen LogP contribution is 2.32. The quantitative estimate of drug-likeness (QED) is 0.408. The Balaban J connectivity index is 1.20. The number of ether oxygens (including phenoxy) is 4. The number of hydrogen-bond acceptors (Lipinski definition) is 8. The van der Waals surface area contributed by atoms with Crippen molar-refractivity contribution in [3.8, 4) is 11.5 Å². The van der Waals surface area contributed by atoms with Crippen molar-refractivity contribution >= 4 is 12.0 Å². The van der Waals surface area contributed by atoms with Gasteiger partial charge in [-0.15, -0.1) is 0 Å². The van der Waals surface area contributed by atoms with Gasteiger partial charge in [-0.3, -0.25) is 4.79 Å². The molecular weight excluding hydrogens is 430 g/mol. The molecule has 1 aromatic carbocycles. The van der Waals surface area contributed by atoms with Gasteiger partial charge in [0.1, 0.15) is 18.3 Å². The molecule has 3 aliphatic rings.